The normalized spacial score (nSPS) is 20.1. The molecule has 1 aromatic carbocycles. The third kappa shape index (κ3) is 3.12. The minimum atomic E-state index is -0.106. The van der Waals surface area contributed by atoms with Gasteiger partial charge in [0.1, 0.15) is 5.52 Å². The summed E-state index contributed by atoms with van der Waals surface area (Å²) in [4.78, 5) is 24.6. The first-order valence-electron chi connectivity index (χ1n) is 9.76. The molecule has 3 heterocycles. The van der Waals surface area contributed by atoms with Crippen molar-refractivity contribution in [2.75, 3.05) is 25.0 Å². The molecule has 0 radical (unpaired) electrons. The Morgan fingerprint density at radius 2 is 2.04 bits per heavy atom. The molecule has 1 atom stereocenters. The average molecular weight is 364 g/mol. The lowest BCUT2D eigenvalue weighted by Gasteiger charge is -2.22. The number of imidazole rings is 1. The van der Waals surface area contributed by atoms with Crippen LogP contribution in [0.5, 0.6) is 0 Å². The number of aromatic nitrogens is 4. The highest BCUT2D eigenvalue weighted by Gasteiger charge is 2.26. The Labute approximate surface area is 157 Å². The molecule has 5 rings (SSSR count). The molecule has 2 aromatic heterocycles. The molecule has 2 aliphatic rings. The molecule has 27 heavy (non-hydrogen) atoms. The van der Waals surface area contributed by atoms with E-state index < -0.39 is 0 Å². The lowest BCUT2D eigenvalue weighted by Crippen LogP contribution is -2.33. The summed E-state index contributed by atoms with van der Waals surface area (Å²) >= 11 is 0. The smallest absolute Gasteiger partial charge is 0.327 e. The highest BCUT2D eigenvalue weighted by molar-refractivity contribution is 5.71. The van der Waals surface area contributed by atoms with Crippen molar-refractivity contribution in [1.29, 1.82) is 0 Å². The summed E-state index contributed by atoms with van der Waals surface area (Å²) in [5.74, 6) is 1.19. The standard InChI is InChI=1S/C20H24N6O/c27-20-24-17-12-23-19(22-11-13-4-3-7-21-10-13)25-18(17)26(20)16-8-14-5-1-2-6-15(14)9-16/h1-2,5-6,12-13,16,21H,3-4,7-11H2,(H,24,27)(H,22,23,25)/t13-/m0/s1. The summed E-state index contributed by atoms with van der Waals surface area (Å²) < 4.78 is 1.81. The van der Waals surface area contributed by atoms with E-state index in [1.807, 2.05) is 4.57 Å². The Morgan fingerprint density at radius 3 is 2.78 bits per heavy atom. The van der Waals surface area contributed by atoms with Gasteiger partial charge < -0.3 is 15.6 Å². The molecular weight excluding hydrogens is 340 g/mol. The quantitative estimate of drug-likeness (QED) is 0.658. The Bertz CT molecular complexity index is 992. The molecule has 1 fully saturated rings. The fraction of sp³-hybridized carbons (Fsp3) is 0.450. The van der Waals surface area contributed by atoms with E-state index in [2.05, 4.69) is 49.9 Å². The topological polar surface area (TPSA) is 87.6 Å². The zero-order valence-electron chi connectivity index (χ0n) is 15.2. The van der Waals surface area contributed by atoms with Gasteiger partial charge in [-0.2, -0.15) is 4.98 Å². The molecule has 0 saturated carbocycles. The van der Waals surface area contributed by atoms with Crippen LogP contribution in [-0.4, -0.2) is 39.2 Å². The number of hydrogen-bond acceptors (Lipinski definition) is 5. The van der Waals surface area contributed by atoms with E-state index in [1.54, 1.807) is 6.20 Å². The Morgan fingerprint density at radius 1 is 1.22 bits per heavy atom. The number of rotatable bonds is 4. The van der Waals surface area contributed by atoms with Crippen LogP contribution in [0.15, 0.2) is 35.3 Å². The molecule has 0 unspecified atom stereocenters. The minimum Gasteiger partial charge on any atom is -0.354 e. The van der Waals surface area contributed by atoms with Crippen LogP contribution in [0, 0.1) is 5.92 Å². The summed E-state index contributed by atoms with van der Waals surface area (Å²) in [7, 11) is 0. The minimum absolute atomic E-state index is 0.106. The van der Waals surface area contributed by atoms with E-state index in [1.165, 1.54) is 24.0 Å². The molecule has 3 aromatic rings. The van der Waals surface area contributed by atoms with Crippen LogP contribution in [0.2, 0.25) is 0 Å². The van der Waals surface area contributed by atoms with Crippen molar-refractivity contribution < 1.29 is 0 Å². The molecule has 1 aliphatic heterocycles. The van der Waals surface area contributed by atoms with Gasteiger partial charge in [0.2, 0.25) is 5.95 Å². The number of nitrogens with one attached hydrogen (secondary N) is 3. The summed E-state index contributed by atoms with van der Waals surface area (Å²) in [5.41, 5.74) is 3.92. The lowest BCUT2D eigenvalue weighted by molar-refractivity contribution is 0.392. The van der Waals surface area contributed by atoms with Crippen LogP contribution in [0.4, 0.5) is 5.95 Å². The number of hydrogen-bond donors (Lipinski definition) is 3. The van der Waals surface area contributed by atoms with E-state index in [0.29, 0.717) is 23.0 Å². The maximum Gasteiger partial charge on any atom is 0.327 e. The first-order chi connectivity index (χ1) is 13.3. The first-order valence-corrected chi connectivity index (χ1v) is 9.76. The van der Waals surface area contributed by atoms with E-state index in [0.717, 1.165) is 32.5 Å². The van der Waals surface area contributed by atoms with Crippen molar-refractivity contribution in [3.05, 3.63) is 52.1 Å². The molecular formula is C20H24N6O. The van der Waals surface area contributed by atoms with Gasteiger partial charge >= 0.3 is 5.69 Å². The number of H-pyrrole nitrogens is 1. The van der Waals surface area contributed by atoms with E-state index >= 15 is 0 Å². The van der Waals surface area contributed by atoms with Crippen molar-refractivity contribution in [3.63, 3.8) is 0 Å². The Balaban J connectivity index is 1.41. The molecule has 0 spiro atoms. The summed E-state index contributed by atoms with van der Waals surface area (Å²) in [5, 5.41) is 6.79. The third-order valence-electron chi connectivity index (χ3n) is 5.80. The van der Waals surface area contributed by atoms with E-state index in [4.69, 9.17) is 0 Å². The number of anilines is 1. The van der Waals surface area contributed by atoms with E-state index in [9.17, 15) is 4.79 Å². The molecule has 140 valence electrons. The molecule has 1 aliphatic carbocycles. The maximum atomic E-state index is 12.6. The van der Waals surface area contributed by atoms with Gasteiger partial charge in [0.15, 0.2) is 5.65 Å². The van der Waals surface area contributed by atoms with Crippen LogP contribution in [0.1, 0.15) is 30.0 Å². The summed E-state index contributed by atoms with van der Waals surface area (Å²) in [6.45, 7) is 2.99. The molecule has 3 N–H and O–H groups in total. The predicted octanol–water partition coefficient (Wildman–Crippen LogP) is 1.87. The number of aromatic amines is 1. The van der Waals surface area contributed by atoms with Gasteiger partial charge in [-0.15, -0.1) is 0 Å². The molecule has 7 nitrogen and oxygen atoms in total. The number of benzene rings is 1. The van der Waals surface area contributed by atoms with Gasteiger partial charge in [0, 0.05) is 12.6 Å². The molecule has 7 heteroatoms. The zero-order chi connectivity index (χ0) is 18.2. The highest BCUT2D eigenvalue weighted by Crippen LogP contribution is 2.30. The van der Waals surface area contributed by atoms with Crippen molar-refractivity contribution in [1.82, 2.24) is 24.8 Å². The Hall–Kier alpha value is -2.67. The summed E-state index contributed by atoms with van der Waals surface area (Å²) in [6.07, 6.45) is 5.88. The molecule has 1 saturated heterocycles. The van der Waals surface area contributed by atoms with Crippen molar-refractivity contribution in [3.8, 4) is 0 Å². The van der Waals surface area contributed by atoms with E-state index in [-0.39, 0.29) is 11.7 Å². The second kappa shape index (κ2) is 6.81. The van der Waals surface area contributed by atoms with Crippen molar-refractivity contribution >= 4 is 17.1 Å². The fourth-order valence-corrected chi connectivity index (χ4v) is 4.39. The molecule has 0 bridgehead atoms. The van der Waals surface area contributed by atoms with Crippen molar-refractivity contribution in [2.24, 2.45) is 5.92 Å². The zero-order valence-corrected chi connectivity index (χ0v) is 15.2. The molecule has 0 amide bonds. The average Bonchev–Trinajstić information content (AvgIpc) is 3.26. The third-order valence-corrected chi connectivity index (χ3v) is 5.80. The highest BCUT2D eigenvalue weighted by atomic mass is 16.1. The second-order valence-electron chi connectivity index (χ2n) is 7.66. The van der Waals surface area contributed by atoms with Gasteiger partial charge in [-0.25, -0.2) is 9.78 Å². The van der Waals surface area contributed by atoms with Crippen LogP contribution < -0.4 is 16.3 Å². The lowest BCUT2D eigenvalue weighted by atomic mass is 10.00. The Kier molecular flexibility index (Phi) is 4.16. The van der Waals surface area contributed by atoms with Gasteiger partial charge in [-0.3, -0.25) is 4.57 Å². The summed E-state index contributed by atoms with van der Waals surface area (Å²) in [6, 6.07) is 8.52. The van der Waals surface area contributed by atoms with Crippen LogP contribution in [-0.2, 0) is 12.8 Å². The number of fused-ring (bicyclic) bond motifs is 2. The SMILES string of the molecule is O=c1[nH]c2cnc(NC[C@H]3CCCNC3)nc2n1C1Cc2ccccc2C1. The first kappa shape index (κ1) is 16.5. The van der Waals surface area contributed by atoms with Gasteiger partial charge in [-0.1, -0.05) is 24.3 Å². The number of piperidine rings is 1. The van der Waals surface area contributed by atoms with Crippen LogP contribution in [0.3, 0.4) is 0 Å². The largest absolute Gasteiger partial charge is 0.354 e. The monoisotopic (exact) mass is 364 g/mol. The predicted molar refractivity (Wildman–Crippen MR) is 105 cm³/mol. The van der Waals surface area contributed by atoms with Gasteiger partial charge in [0.25, 0.3) is 0 Å². The fourth-order valence-electron chi connectivity index (χ4n) is 4.39. The van der Waals surface area contributed by atoms with Crippen LogP contribution >= 0.6 is 0 Å². The maximum absolute atomic E-state index is 12.6. The van der Waals surface area contributed by atoms with Gasteiger partial charge in [0.05, 0.1) is 6.20 Å². The van der Waals surface area contributed by atoms with Gasteiger partial charge in [-0.05, 0) is 55.8 Å². The van der Waals surface area contributed by atoms with Crippen LogP contribution in [0.25, 0.3) is 11.2 Å². The van der Waals surface area contributed by atoms with Crippen molar-refractivity contribution in [2.45, 2.75) is 31.7 Å². The number of nitrogens with zero attached hydrogens (tertiary/aromatic N) is 3. The second-order valence-corrected chi connectivity index (χ2v) is 7.66.